The highest BCUT2D eigenvalue weighted by molar-refractivity contribution is 5.77. The largest absolute Gasteiger partial charge is 0.573 e. The van der Waals surface area contributed by atoms with Crippen LogP contribution in [0.15, 0.2) is 42.6 Å². The number of aryl methyl sites for hydroxylation is 1. The summed E-state index contributed by atoms with van der Waals surface area (Å²) in [4.78, 5) is 36.0. The molecule has 3 heterocycles. The van der Waals surface area contributed by atoms with Gasteiger partial charge in [0, 0.05) is 38.2 Å². The Bertz CT molecular complexity index is 1340. The van der Waals surface area contributed by atoms with E-state index in [9.17, 15) is 22.8 Å². The van der Waals surface area contributed by atoms with Gasteiger partial charge in [0.1, 0.15) is 22.7 Å². The van der Waals surface area contributed by atoms with Crippen molar-refractivity contribution in [3.05, 3.63) is 54.0 Å². The molecule has 1 atom stereocenters. The molecule has 222 valence electrons. The van der Waals surface area contributed by atoms with E-state index in [2.05, 4.69) is 20.0 Å². The number of piperidine rings is 1. The number of amides is 2. The van der Waals surface area contributed by atoms with E-state index in [0.717, 1.165) is 18.4 Å². The highest BCUT2D eigenvalue weighted by atomic mass is 19.4. The van der Waals surface area contributed by atoms with Crippen LogP contribution in [-0.2, 0) is 22.5 Å². The Hall–Kier alpha value is -3.83. The van der Waals surface area contributed by atoms with Crippen molar-refractivity contribution in [3.8, 4) is 5.75 Å². The van der Waals surface area contributed by atoms with E-state index in [-0.39, 0.29) is 36.1 Å². The molecule has 2 aromatic heterocycles. The SMILES string of the molecule is CC(NC(=O)CCc1nc2cccnc2n1Cc1ccc(OC(F)(F)F)cc1)C1CCN(C(=O)OC(C)(C)C)CC1. The molecule has 1 aliphatic rings. The first-order valence-corrected chi connectivity index (χ1v) is 13.7. The number of imidazole rings is 1. The number of nitrogens with zero attached hydrogens (tertiary/aromatic N) is 4. The molecule has 4 rings (SSSR count). The molecule has 0 bridgehead atoms. The molecule has 1 fully saturated rings. The molecule has 0 spiro atoms. The number of pyridine rings is 1. The van der Waals surface area contributed by atoms with E-state index in [1.165, 1.54) is 12.1 Å². The van der Waals surface area contributed by atoms with Gasteiger partial charge >= 0.3 is 12.5 Å². The lowest BCUT2D eigenvalue weighted by Crippen LogP contribution is -2.46. The van der Waals surface area contributed by atoms with Gasteiger partial charge in [0.2, 0.25) is 5.91 Å². The van der Waals surface area contributed by atoms with Gasteiger partial charge in [-0.1, -0.05) is 12.1 Å². The summed E-state index contributed by atoms with van der Waals surface area (Å²) >= 11 is 0. The van der Waals surface area contributed by atoms with Crippen molar-refractivity contribution in [2.45, 2.75) is 77.9 Å². The van der Waals surface area contributed by atoms with Crippen LogP contribution in [0, 0.1) is 5.92 Å². The molecule has 9 nitrogen and oxygen atoms in total. The third-order valence-electron chi connectivity index (χ3n) is 6.94. The van der Waals surface area contributed by atoms with Gasteiger partial charge in [0.25, 0.3) is 0 Å². The highest BCUT2D eigenvalue weighted by Crippen LogP contribution is 2.25. The average Bonchev–Trinajstić information content (AvgIpc) is 3.24. The first-order valence-electron chi connectivity index (χ1n) is 13.7. The molecule has 41 heavy (non-hydrogen) atoms. The topological polar surface area (TPSA) is 98.6 Å². The number of nitrogens with one attached hydrogen (secondary N) is 1. The van der Waals surface area contributed by atoms with Crippen LogP contribution in [0.1, 0.15) is 58.3 Å². The molecule has 0 saturated carbocycles. The smallest absolute Gasteiger partial charge is 0.444 e. The van der Waals surface area contributed by atoms with E-state index in [1.807, 2.05) is 38.3 Å². The van der Waals surface area contributed by atoms with Crippen LogP contribution < -0.4 is 10.1 Å². The standard InChI is InChI=1S/C29H36F3N5O4/c1-19(21-13-16-36(17-14-21)27(39)41-28(2,3)4)34-25(38)12-11-24-35-23-6-5-15-33-26(23)37(24)18-20-7-9-22(10-8-20)40-29(30,31)32/h5-10,15,19,21H,11-14,16-18H2,1-4H3,(H,34,38). The molecule has 0 radical (unpaired) electrons. The van der Waals surface area contributed by atoms with E-state index < -0.39 is 12.0 Å². The maximum Gasteiger partial charge on any atom is 0.573 e. The first kappa shape index (κ1) is 30.1. The fourth-order valence-electron chi connectivity index (χ4n) is 4.92. The molecule has 1 unspecified atom stereocenters. The first-order chi connectivity index (χ1) is 19.3. The molecule has 1 aromatic carbocycles. The normalized spacial score (nSPS) is 15.5. The second-order valence-corrected chi connectivity index (χ2v) is 11.3. The quantitative estimate of drug-likeness (QED) is 0.383. The summed E-state index contributed by atoms with van der Waals surface area (Å²) in [5.41, 5.74) is 1.50. The van der Waals surface area contributed by atoms with Gasteiger partial charge < -0.3 is 24.3 Å². The summed E-state index contributed by atoms with van der Waals surface area (Å²) < 4.78 is 48.8. The summed E-state index contributed by atoms with van der Waals surface area (Å²) in [5, 5.41) is 3.10. The number of hydrogen-bond acceptors (Lipinski definition) is 6. The van der Waals surface area contributed by atoms with Gasteiger partial charge in [-0.3, -0.25) is 4.79 Å². The Morgan fingerprint density at radius 1 is 1.10 bits per heavy atom. The monoisotopic (exact) mass is 575 g/mol. The lowest BCUT2D eigenvalue weighted by molar-refractivity contribution is -0.274. The zero-order valence-corrected chi connectivity index (χ0v) is 23.7. The summed E-state index contributed by atoms with van der Waals surface area (Å²) in [6.45, 7) is 9.00. The summed E-state index contributed by atoms with van der Waals surface area (Å²) in [6.07, 6.45) is -1.30. The Balaban J connectivity index is 1.34. The van der Waals surface area contributed by atoms with Gasteiger partial charge in [-0.15, -0.1) is 13.2 Å². The van der Waals surface area contributed by atoms with Gasteiger partial charge in [0.15, 0.2) is 5.65 Å². The second-order valence-electron chi connectivity index (χ2n) is 11.3. The molecule has 1 aliphatic heterocycles. The lowest BCUT2D eigenvalue weighted by atomic mass is 9.90. The van der Waals surface area contributed by atoms with Crippen LogP contribution >= 0.6 is 0 Å². The molecular formula is C29H36F3N5O4. The predicted octanol–water partition coefficient (Wildman–Crippen LogP) is 5.46. The minimum atomic E-state index is -4.76. The van der Waals surface area contributed by atoms with E-state index in [4.69, 9.17) is 4.74 Å². The number of halogens is 3. The number of hydrogen-bond donors (Lipinski definition) is 1. The van der Waals surface area contributed by atoms with Crippen molar-refractivity contribution >= 4 is 23.2 Å². The average molecular weight is 576 g/mol. The minimum Gasteiger partial charge on any atom is -0.444 e. The van der Waals surface area contributed by atoms with Crippen molar-refractivity contribution in [1.82, 2.24) is 24.8 Å². The van der Waals surface area contributed by atoms with Crippen molar-refractivity contribution in [2.24, 2.45) is 5.92 Å². The van der Waals surface area contributed by atoms with Crippen molar-refractivity contribution in [3.63, 3.8) is 0 Å². The maximum atomic E-state index is 12.9. The van der Waals surface area contributed by atoms with Crippen LogP contribution in [0.4, 0.5) is 18.0 Å². The lowest BCUT2D eigenvalue weighted by Gasteiger charge is -2.35. The zero-order valence-electron chi connectivity index (χ0n) is 23.7. The van der Waals surface area contributed by atoms with E-state index in [0.29, 0.717) is 43.0 Å². The number of benzene rings is 1. The van der Waals surface area contributed by atoms with Gasteiger partial charge in [-0.2, -0.15) is 0 Å². The number of fused-ring (bicyclic) bond motifs is 1. The number of carbonyl (C=O) groups is 2. The van der Waals surface area contributed by atoms with E-state index >= 15 is 0 Å². The molecule has 0 aliphatic carbocycles. The minimum absolute atomic E-state index is 0.0544. The molecular weight excluding hydrogens is 539 g/mol. The van der Waals surface area contributed by atoms with Crippen LogP contribution in [0.2, 0.25) is 0 Å². The van der Waals surface area contributed by atoms with Crippen molar-refractivity contribution in [1.29, 1.82) is 0 Å². The number of rotatable bonds is 8. The van der Waals surface area contributed by atoms with Crippen LogP contribution in [0.3, 0.4) is 0 Å². The number of likely N-dealkylation sites (tertiary alicyclic amines) is 1. The van der Waals surface area contributed by atoms with Gasteiger partial charge in [-0.05, 0) is 76.3 Å². The zero-order chi connectivity index (χ0) is 29.8. The predicted molar refractivity (Wildman–Crippen MR) is 146 cm³/mol. The molecule has 2 amide bonds. The molecule has 1 N–H and O–H groups in total. The van der Waals surface area contributed by atoms with Crippen LogP contribution in [0.5, 0.6) is 5.75 Å². The van der Waals surface area contributed by atoms with Crippen molar-refractivity contribution < 1.29 is 32.2 Å². The molecule has 12 heteroatoms. The number of alkyl halides is 3. The number of ether oxygens (including phenoxy) is 2. The number of carbonyl (C=O) groups excluding carboxylic acids is 2. The fourth-order valence-corrected chi connectivity index (χ4v) is 4.92. The molecule has 1 saturated heterocycles. The summed E-state index contributed by atoms with van der Waals surface area (Å²) in [6, 6.07) is 9.19. The Morgan fingerprint density at radius 2 is 1.78 bits per heavy atom. The Morgan fingerprint density at radius 3 is 2.41 bits per heavy atom. The second kappa shape index (κ2) is 12.4. The Kier molecular flexibility index (Phi) is 9.08. The summed E-state index contributed by atoms with van der Waals surface area (Å²) in [7, 11) is 0. The molecule has 3 aromatic rings. The van der Waals surface area contributed by atoms with Crippen LogP contribution in [-0.4, -0.2) is 62.5 Å². The van der Waals surface area contributed by atoms with E-state index in [1.54, 1.807) is 29.3 Å². The highest BCUT2D eigenvalue weighted by Gasteiger charge is 2.31. The third-order valence-corrected chi connectivity index (χ3v) is 6.94. The van der Waals surface area contributed by atoms with Gasteiger partial charge in [0.05, 0.1) is 6.54 Å². The fraction of sp³-hybridized carbons (Fsp3) is 0.517. The summed E-state index contributed by atoms with van der Waals surface area (Å²) in [5.74, 6) is 0.502. The maximum absolute atomic E-state index is 12.9. The van der Waals surface area contributed by atoms with Crippen LogP contribution in [0.25, 0.3) is 11.2 Å². The number of aromatic nitrogens is 3. The van der Waals surface area contributed by atoms with Gasteiger partial charge in [-0.25, -0.2) is 14.8 Å². The Labute approximate surface area is 237 Å². The third kappa shape index (κ3) is 8.58. The van der Waals surface area contributed by atoms with Crippen molar-refractivity contribution in [2.75, 3.05) is 13.1 Å².